The Kier molecular flexibility index (Phi) is 3.74. The molecule has 0 aliphatic carbocycles. The smallest absolute Gasteiger partial charge is 0.262 e. The minimum absolute atomic E-state index is 0.384. The Morgan fingerprint density at radius 1 is 0.909 bits per heavy atom. The van der Waals surface area contributed by atoms with Gasteiger partial charge in [-0.2, -0.15) is 4.98 Å². The van der Waals surface area contributed by atoms with Crippen LogP contribution in [0.4, 0.5) is 0 Å². The first-order valence-electron chi connectivity index (χ1n) is 6.72. The monoisotopic (exact) mass is 297 g/mol. The number of methoxy groups -OCH3 is 2. The van der Waals surface area contributed by atoms with Crippen LogP contribution in [0.5, 0.6) is 11.6 Å². The van der Waals surface area contributed by atoms with Gasteiger partial charge in [-0.1, -0.05) is 17.3 Å². The van der Waals surface area contributed by atoms with Gasteiger partial charge in [0.05, 0.1) is 25.3 Å². The fourth-order valence-corrected chi connectivity index (χ4v) is 2.12. The molecule has 2 aromatic heterocycles. The molecule has 3 aromatic rings. The van der Waals surface area contributed by atoms with Gasteiger partial charge in [-0.3, -0.25) is 0 Å². The maximum atomic E-state index is 5.35. The summed E-state index contributed by atoms with van der Waals surface area (Å²) in [5.74, 6) is 1.94. The summed E-state index contributed by atoms with van der Waals surface area (Å²) in [6, 6.07) is 11.2. The van der Waals surface area contributed by atoms with E-state index in [1.807, 2.05) is 43.3 Å². The average molecular weight is 297 g/mol. The van der Waals surface area contributed by atoms with E-state index in [4.69, 9.17) is 14.0 Å². The summed E-state index contributed by atoms with van der Waals surface area (Å²) in [5, 5.41) is 4.01. The van der Waals surface area contributed by atoms with Crippen LogP contribution in [0.1, 0.15) is 5.69 Å². The number of aryl methyl sites for hydroxylation is 1. The van der Waals surface area contributed by atoms with Crippen molar-refractivity contribution in [3.63, 3.8) is 0 Å². The summed E-state index contributed by atoms with van der Waals surface area (Å²) in [6.45, 7) is 1.89. The third-order valence-corrected chi connectivity index (χ3v) is 3.20. The van der Waals surface area contributed by atoms with E-state index in [-0.39, 0.29) is 0 Å². The highest BCUT2D eigenvalue weighted by atomic mass is 16.5. The van der Waals surface area contributed by atoms with E-state index in [1.165, 1.54) is 0 Å². The highest BCUT2D eigenvalue weighted by Crippen LogP contribution is 2.31. The average Bonchev–Trinajstić information content (AvgIpc) is 3.04. The highest BCUT2D eigenvalue weighted by Gasteiger charge is 2.17. The fourth-order valence-electron chi connectivity index (χ4n) is 2.12. The zero-order chi connectivity index (χ0) is 15.5. The fraction of sp³-hybridized carbons (Fsp3) is 0.188. The molecular formula is C16H15N3O3. The van der Waals surface area contributed by atoms with Crippen molar-refractivity contribution in [1.29, 1.82) is 0 Å². The van der Waals surface area contributed by atoms with Gasteiger partial charge in [0.15, 0.2) is 0 Å². The van der Waals surface area contributed by atoms with Gasteiger partial charge in [-0.15, -0.1) is 0 Å². The lowest BCUT2D eigenvalue weighted by atomic mass is 10.2. The van der Waals surface area contributed by atoms with Crippen molar-refractivity contribution in [2.75, 3.05) is 14.2 Å². The van der Waals surface area contributed by atoms with E-state index >= 15 is 0 Å². The Hall–Kier alpha value is -2.89. The van der Waals surface area contributed by atoms with E-state index in [9.17, 15) is 0 Å². The van der Waals surface area contributed by atoms with Crippen molar-refractivity contribution < 1.29 is 14.0 Å². The van der Waals surface area contributed by atoms with Crippen LogP contribution in [0.2, 0.25) is 0 Å². The van der Waals surface area contributed by atoms with Crippen molar-refractivity contribution in [2.24, 2.45) is 0 Å². The molecule has 0 bridgehead atoms. The molecule has 0 radical (unpaired) electrons. The Morgan fingerprint density at radius 3 is 2.50 bits per heavy atom. The molecule has 6 heteroatoms. The Balaban J connectivity index is 2.04. The minimum atomic E-state index is 0.384. The molecule has 0 atom stereocenters. The van der Waals surface area contributed by atoms with Crippen molar-refractivity contribution in [3.8, 4) is 34.5 Å². The van der Waals surface area contributed by atoms with Gasteiger partial charge in [-0.25, -0.2) is 4.98 Å². The SMILES string of the molecule is COc1ccccc1-c1nc(-c2ccc(C)nc2OC)no1. The summed E-state index contributed by atoms with van der Waals surface area (Å²) in [7, 11) is 3.16. The lowest BCUT2D eigenvalue weighted by molar-refractivity contribution is 0.396. The number of hydrogen-bond acceptors (Lipinski definition) is 6. The first-order chi connectivity index (χ1) is 10.7. The number of benzene rings is 1. The first-order valence-corrected chi connectivity index (χ1v) is 6.72. The van der Waals surface area contributed by atoms with Crippen LogP contribution in [-0.4, -0.2) is 29.3 Å². The van der Waals surface area contributed by atoms with Gasteiger partial charge < -0.3 is 14.0 Å². The highest BCUT2D eigenvalue weighted by molar-refractivity contribution is 5.67. The molecule has 112 valence electrons. The standard InChI is InChI=1S/C16H15N3O3/c1-10-8-9-12(15(17-10)21-3)14-18-16(22-19-14)11-6-4-5-7-13(11)20-2/h4-9H,1-3H3. The number of hydrogen-bond donors (Lipinski definition) is 0. The van der Waals surface area contributed by atoms with E-state index in [1.54, 1.807) is 14.2 Å². The number of pyridine rings is 1. The molecule has 0 saturated heterocycles. The third-order valence-electron chi connectivity index (χ3n) is 3.20. The summed E-state index contributed by atoms with van der Waals surface area (Å²) < 4.78 is 15.9. The molecule has 2 heterocycles. The number of ether oxygens (including phenoxy) is 2. The largest absolute Gasteiger partial charge is 0.496 e. The molecule has 22 heavy (non-hydrogen) atoms. The van der Waals surface area contributed by atoms with Gasteiger partial charge >= 0.3 is 0 Å². The van der Waals surface area contributed by atoms with Crippen molar-refractivity contribution in [1.82, 2.24) is 15.1 Å². The van der Waals surface area contributed by atoms with Crippen LogP contribution < -0.4 is 9.47 Å². The molecule has 0 aliphatic heterocycles. The van der Waals surface area contributed by atoms with Crippen LogP contribution >= 0.6 is 0 Å². The van der Waals surface area contributed by atoms with Crippen LogP contribution in [0.3, 0.4) is 0 Å². The maximum absolute atomic E-state index is 5.35. The second kappa shape index (κ2) is 5.85. The van der Waals surface area contributed by atoms with E-state index in [2.05, 4.69) is 15.1 Å². The van der Waals surface area contributed by atoms with Crippen molar-refractivity contribution >= 4 is 0 Å². The van der Waals surface area contributed by atoms with E-state index in [0.717, 1.165) is 11.3 Å². The van der Waals surface area contributed by atoms with Crippen LogP contribution in [-0.2, 0) is 0 Å². The number of rotatable bonds is 4. The molecule has 0 fully saturated rings. The van der Waals surface area contributed by atoms with E-state index in [0.29, 0.717) is 28.9 Å². The molecule has 0 saturated carbocycles. The van der Waals surface area contributed by atoms with Crippen LogP contribution in [0.15, 0.2) is 40.9 Å². The number of para-hydroxylation sites is 1. The van der Waals surface area contributed by atoms with Gasteiger partial charge in [0, 0.05) is 5.69 Å². The summed E-state index contributed by atoms with van der Waals surface area (Å²) in [5.41, 5.74) is 2.27. The predicted octanol–water partition coefficient (Wildman–Crippen LogP) is 3.12. The molecular weight excluding hydrogens is 282 g/mol. The predicted molar refractivity (Wildman–Crippen MR) is 80.8 cm³/mol. The number of aromatic nitrogens is 3. The molecule has 0 unspecified atom stereocenters. The van der Waals surface area contributed by atoms with E-state index < -0.39 is 0 Å². The van der Waals surface area contributed by atoms with Crippen LogP contribution in [0, 0.1) is 6.92 Å². The van der Waals surface area contributed by atoms with Crippen LogP contribution in [0.25, 0.3) is 22.8 Å². The minimum Gasteiger partial charge on any atom is -0.496 e. The quantitative estimate of drug-likeness (QED) is 0.737. The Morgan fingerprint density at radius 2 is 1.73 bits per heavy atom. The zero-order valence-corrected chi connectivity index (χ0v) is 12.5. The van der Waals surface area contributed by atoms with Crippen molar-refractivity contribution in [2.45, 2.75) is 6.92 Å². The number of nitrogens with zero attached hydrogens (tertiary/aromatic N) is 3. The second-order valence-corrected chi connectivity index (χ2v) is 4.63. The Labute approximate surface area is 127 Å². The molecule has 0 N–H and O–H groups in total. The van der Waals surface area contributed by atoms with Gasteiger partial charge in [-0.05, 0) is 31.2 Å². The lowest BCUT2D eigenvalue weighted by Crippen LogP contribution is -1.94. The second-order valence-electron chi connectivity index (χ2n) is 4.63. The molecule has 0 aliphatic rings. The third kappa shape index (κ3) is 2.50. The van der Waals surface area contributed by atoms with Crippen molar-refractivity contribution in [3.05, 3.63) is 42.1 Å². The topological polar surface area (TPSA) is 70.3 Å². The molecule has 0 spiro atoms. The maximum Gasteiger partial charge on any atom is 0.262 e. The van der Waals surface area contributed by atoms with Gasteiger partial charge in [0.1, 0.15) is 5.75 Å². The molecule has 0 amide bonds. The zero-order valence-electron chi connectivity index (χ0n) is 12.5. The molecule has 6 nitrogen and oxygen atoms in total. The Bertz CT molecular complexity index is 799. The summed E-state index contributed by atoms with van der Waals surface area (Å²) >= 11 is 0. The van der Waals surface area contributed by atoms with Gasteiger partial charge in [0.2, 0.25) is 11.7 Å². The lowest BCUT2D eigenvalue weighted by Gasteiger charge is -2.04. The summed E-state index contributed by atoms with van der Waals surface area (Å²) in [4.78, 5) is 8.74. The normalized spacial score (nSPS) is 10.5. The first kappa shape index (κ1) is 14.1. The van der Waals surface area contributed by atoms with Gasteiger partial charge in [0.25, 0.3) is 5.89 Å². The summed E-state index contributed by atoms with van der Waals surface area (Å²) in [6.07, 6.45) is 0. The molecule has 3 rings (SSSR count). The molecule has 1 aromatic carbocycles.